The highest BCUT2D eigenvalue weighted by atomic mass is 32.2. The molecule has 6 nitrogen and oxygen atoms in total. The van der Waals surface area contributed by atoms with E-state index in [0.29, 0.717) is 11.3 Å². The van der Waals surface area contributed by atoms with Gasteiger partial charge < -0.3 is 15.0 Å². The molecule has 0 radical (unpaired) electrons. The van der Waals surface area contributed by atoms with Crippen molar-refractivity contribution < 1.29 is 19.1 Å². The number of thioether (sulfide) groups is 1. The van der Waals surface area contributed by atoms with Crippen molar-refractivity contribution in [1.82, 2.24) is 10.2 Å². The quantitative estimate of drug-likeness (QED) is 0.439. The minimum absolute atomic E-state index is 0.139. The Bertz CT molecular complexity index is 964. The molecule has 2 amide bonds. The summed E-state index contributed by atoms with van der Waals surface area (Å²) in [5, 5.41) is 2.52. The fraction of sp³-hybridized carbons (Fsp3) is 0.261. The van der Waals surface area contributed by atoms with Crippen molar-refractivity contribution >= 4 is 29.5 Å². The van der Waals surface area contributed by atoms with E-state index in [-0.39, 0.29) is 30.2 Å². The number of nitrogens with zero attached hydrogens (tertiary/aromatic N) is 1. The van der Waals surface area contributed by atoms with Gasteiger partial charge in [-0.25, -0.2) is 4.79 Å². The normalized spacial score (nSPS) is 22.7. The predicted molar refractivity (Wildman–Crippen MR) is 114 cm³/mol. The molecule has 3 atom stereocenters. The molecule has 2 aromatic carbocycles. The molecule has 2 heterocycles. The number of ether oxygens (including phenoxy) is 1. The molecule has 4 rings (SSSR count). The number of β-lactam (4-membered cyclic amide) rings is 1. The minimum Gasteiger partial charge on any atom is -0.459 e. The lowest BCUT2D eigenvalue weighted by molar-refractivity contribution is -0.164. The van der Waals surface area contributed by atoms with E-state index in [9.17, 15) is 14.4 Å². The topological polar surface area (TPSA) is 75.7 Å². The van der Waals surface area contributed by atoms with Crippen LogP contribution in [-0.4, -0.2) is 45.9 Å². The van der Waals surface area contributed by atoms with Crippen LogP contribution < -0.4 is 5.32 Å². The van der Waals surface area contributed by atoms with Crippen molar-refractivity contribution in [1.29, 1.82) is 0 Å². The first kappa shape index (κ1) is 20.2. The summed E-state index contributed by atoms with van der Waals surface area (Å²) >= 11 is 1.50. The maximum atomic E-state index is 12.8. The van der Waals surface area contributed by atoms with Crippen LogP contribution in [0.25, 0.3) is 0 Å². The summed E-state index contributed by atoms with van der Waals surface area (Å²) < 4.78 is 5.44. The summed E-state index contributed by atoms with van der Waals surface area (Å²) in [5.74, 6) is -0.453. The van der Waals surface area contributed by atoms with Crippen LogP contribution in [0.15, 0.2) is 72.8 Å². The molecular weight excluding hydrogens is 400 g/mol. The van der Waals surface area contributed by atoms with Gasteiger partial charge in [0, 0.05) is 5.75 Å². The minimum atomic E-state index is -0.810. The molecule has 0 spiro atoms. The molecule has 2 aliphatic heterocycles. The van der Waals surface area contributed by atoms with Crippen LogP contribution in [0.1, 0.15) is 11.1 Å². The summed E-state index contributed by atoms with van der Waals surface area (Å²) in [7, 11) is 0. The Labute approximate surface area is 179 Å². The first-order valence-electron chi connectivity index (χ1n) is 9.70. The van der Waals surface area contributed by atoms with E-state index in [0.717, 1.165) is 11.1 Å². The van der Waals surface area contributed by atoms with Crippen LogP contribution in [0, 0.1) is 0 Å². The van der Waals surface area contributed by atoms with E-state index < -0.39 is 18.1 Å². The number of amides is 2. The second-order valence-corrected chi connectivity index (χ2v) is 8.41. The molecule has 0 unspecified atom stereocenters. The van der Waals surface area contributed by atoms with Crippen LogP contribution in [0.4, 0.5) is 0 Å². The van der Waals surface area contributed by atoms with Crippen molar-refractivity contribution in [2.45, 2.75) is 30.5 Å². The van der Waals surface area contributed by atoms with E-state index in [1.54, 1.807) is 0 Å². The van der Waals surface area contributed by atoms with Gasteiger partial charge in [-0.05, 0) is 16.7 Å². The van der Waals surface area contributed by atoms with Gasteiger partial charge in [-0.3, -0.25) is 9.59 Å². The lowest BCUT2D eigenvalue weighted by atomic mass is 9.98. The Morgan fingerprint density at radius 1 is 1.07 bits per heavy atom. The Hall–Kier alpha value is -3.06. The Morgan fingerprint density at radius 3 is 2.37 bits per heavy atom. The smallest absolute Gasteiger partial charge is 0.333 e. The third-order valence-corrected chi connectivity index (χ3v) is 6.53. The summed E-state index contributed by atoms with van der Waals surface area (Å²) in [6, 6.07) is 17.3. The number of carbonyl (C=O) groups excluding carboxylic acids is 3. The zero-order valence-electron chi connectivity index (χ0n) is 16.3. The first-order valence-corrected chi connectivity index (χ1v) is 10.7. The van der Waals surface area contributed by atoms with Gasteiger partial charge in [-0.15, -0.1) is 11.8 Å². The second-order valence-electron chi connectivity index (χ2n) is 7.31. The number of nitrogens with one attached hydrogen (secondary N) is 1. The molecule has 2 saturated heterocycles. The van der Waals surface area contributed by atoms with E-state index in [2.05, 4.69) is 11.9 Å². The molecule has 2 aliphatic rings. The van der Waals surface area contributed by atoms with Crippen LogP contribution in [0.3, 0.4) is 0 Å². The molecule has 2 aromatic rings. The molecule has 0 bridgehead atoms. The van der Waals surface area contributed by atoms with Crippen LogP contribution in [-0.2, 0) is 32.1 Å². The number of benzene rings is 2. The van der Waals surface area contributed by atoms with E-state index in [1.165, 1.54) is 16.7 Å². The fourth-order valence-electron chi connectivity index (χ4n) is 3.63. The number of rotatable bonds is 6. The molecule has 30 heavy (non-hydrogen) atoms. The van der Waals surface area contributed by atoms with Crippen LogP contribution in [0.2, 0.25) is 0 Å². The Morgan fingerprint density at radius 2 is 1.70 bits per heavy atom. The van der Waals surface area contributed by atoms with Gasteiger partial charge in [-0.1, -0.05) is 67.2 Å². The largest absolute Gasteiger partial charge is 0.459 e. The third-order valence-electron chi connectivity index (χ3n) is 5.16. The summed E-state index contributed by atoms with van der Waals surface area (Å²) in [4.78, 5) is 39.3. The molecule has 154 valence electrons. The number of esters is 1. The molecule has 0 aromatic heterocycles. The highest BCUT2D eigenvalue weighted by Crippen LogP contribution is 2.40. The summed E-state index contributed by atoms with van der Waals surface area (Å²) in [6.07, 6.45) is 0.206. The highest BCUT2D eigenvalue weighted by Gasteiger charge is 2.56. The van der Waals surface area contributed by atoms with E-state index >= 15 is 0 Å². The van der Waals surface area contributed by atoms with Gasteiger partial charge in [0.05, 0.1) is 6.42 Å². The van der Waals surface area contributed by atoms with Crippen molar-refractivity contribution in [2.24, 2.45) is 0 Å². The molecule has 1 N–H and O–H groups in total. The lowest BCUT2D eigenvalue weighted by Crippen LogP contribution is -2.74. The predicted octanol–water partition coefficient (Wildman–Crippen LogP) is 2.30. The second kappa shape index (κ2) is 8.75. The first-order chi connectivity index (χ1) is 14.5. The number of fused-ring (bicyclic) bond motifs is 1. The van der Waals surface area contributed by atoms with Gasteiger partial charge in [0.2, 0.25) is 11.8 Å². The highest BCUT2D eigenvalue weighted by molar-refractivity contribution is 8.00. The van der Waals surface area contributed by atoms with Crippen LogP contribution >= 0.6 is 11.8 Å². The number of hydrogen-bond donors (Lipinski definition) is 1. The van der Waals surface area contributed by atoms with E-state index in [1.807, 2.05) is 60.7 Å². The van der Waals surface area contributed by atoms with Gasteiger partial charge in [0.25, 0.3) is 0 Å². The van der Waals surface area contributed by atoms with Gasteiger partial charge >= 0.3 is 5.97 Å². The maximum absolute atomic E-state index is 12.8. The van der Waals surface area contributed by atoms with Gasteiger partial charge in [0.15, 0.2) is 6.04 Å². The molecule has 2 fully saturated rings. The van der Waals surface area contributed by atoms with Crippen molar-refractivity contribution in [3.05, 3.63) is 83.9 Å². The fourth-order valence-corrected chi connectivity index (χ4v) is 4.94. The average Bonchev–Trinajstić information content (AvgIpc) is 2.77. The van der Waals surface area contributed by atoms with E-state index in [4.69, 9.17) is 4.74 Å². The average molecular weight is 423 g/mol. The SMILES string of the molecule is C=C1CS[C@H]2[C@H](NC(=O)Cc3ccccc3)C(=O)N2[C@H]1C(=O)OCc1ccccc1. The number of hydrogen-bond acceptors (Lipinski definition) is 5. The standard InChI is InChI=1S/C23H22N2O4S/c1-15-14-30-22-19(24-18(26)12-16-8-4-2-5-9-16)21(27)25(22)20(15)23(28)29-13-17-10-6-3-7-11-17/h2-11,19-20,22H,1,12-14H2,(H,24,26)/t19-,20-,22+/m1/s1. The molecular formula is C23H22N2O4S. The Balaban J connectivity index is 1.37. The number of carbonyl (C=O) groups is 3. The lowest BCUT2D eigenvalue weighted by Gasteiger charge is -2.52. The Kier molecular flexibility index (Phi) is 5.90. The van der Waals surface area contributed by atoms with Crippen molar-refractivity contribution in [2.75, 3.05) is 5.75 Å². The third kappa shape index (κ3) is 4.11. The maximum Gasteiger partial charge on any atom is 0.333 e. The monoisotopic (exact) mass is 422 g/mol. The molecule has 7 heteroatoms. The van der Waals surface area contributed by atoms with Gasteiger partial charge in [-0.2, -0.15) is 0 Å². The van der Waals surface area contributed by atoms with Crippen LogP contribution in [0.5, 0.6) is 0 Å². The van der Waals surface area contributed by atoms with Crippen molar-refractivity contribution in [3.8, 4) is 0 Å². The van der Waals surface area contributed by atoms with Gasteiger partial charge in [0.1, 0.15) is 18.0 Å². The zero-order valence-corrected chi connectivity index (χ0v) is 17.1. The summed E-state index contributed by atoms with van der Waals surface area (Å²) in [5.41, 5.74) is 2.39. The zero-order chi connectivity index (χ0) is 21.1. The van der Waals surface area contributed by atoms with Crippen molar-refractivity contribution in [3.63, 3.8) is 0 Å². The molecule has 0 saturated carbocycles. The molecule has 0 aliphatic carbocycles. The summed E-state index contributed by atoms with van der Waals surface area (Å²) in [6.45, 7) is 4.10.